The van der Waals surface area contributed by atoms with Crippen LogP contribution in [0.1, 0.15) is 43.8 Å². The lowest BCUT2D eigenvalue weighted by Crippen LogP contribution is -2.17. The molecule has 170 valence electrons. The first-order valence-electron chi connectivity index (χ1n) is 10.7. The van der Waals surface area contributed by atoms with Crippen molar-refractivity contribution in [3.8, 4) is 11.5 Å². The summed E-state index contributed by atoms with van der Waals surface area (Å²) in [7, 11) is 3.51. The molecule has 0 saturated carbocycles. The van der Waals surface area contributed by atoms with Crippen molar-refractivity contribution >= 4 is 23.4 Å². The highest BCUT2D eigenvalue weighted by atomic mass is 32.2. The number of benzene rings is 2. The Kier molecular flexibility index (Phi) is 8.16. The molecular weight excluding hydrogens is 424 g/mol. The van der Waals surface area contributed by atoms with E-state index in [1.165, 1.54) is 11.8 Å². The van der Waals surface area contributed by atoms with Gasteiger partial charge >= 0.3 is 0 Å². The van der Waals surface area contributed by atoms with E-state index in [1.54, 1.807) is 7.11 Å². The smallest absolute Gasteiger partial charge is 0.234 e. The number of hydrogen-bond acceptors (Lipinski definition) is 6. The molecule has 0 saturated heterocycles. The van der Waals surface area contributed by atoms with E-state index in [-0.39, 0.29) is 17.8 Å². The highest BCUT2D eigenvalue weighted by Crippen LogP contribution is 2.26. The molecule has 8 heteroatoms. The predicted molar refractivity (Wildman–Crippen MR) is 128 cm³/mol. The normalized spacial score (nSPS) is 11.8. The molecule has 0 bridgehead atoms. The summed E-state index contributed by atoms with van der Waals surface area (Å²) in [5.74, 6) is 2.37. The van der Waals surface area contributed by atoms with Crippen LogP contribution in [0.2, 0.25) is 0 Å². The molecule has 3 aromatic rings. The van der Waals surface area contributed by atoms with Crippen LogP contribution in [0.3, 0.4) is 0 Å². The van der Waals surface area contributed by atoms with Crippen molar-refractivity contribution in [2.24, 2.45) is 7.05 Å². The fourth-order valence-corrected chi connectivity index (χ4v) is 4.14. The zero-order chi connectivity index (χ0) is 23.1. The number of para-hydroxylation sites is 1. The fraction of sp³-hybridized carbons (Fsp3) is 0.375. The number of aryl methyl sites for hydroxylation is 2. The number of ether oxygens (including phenoxy) is 2. The number of methoxy groups -OCH3 is 1. The topological polar surface area (TPSA) is 78.3 Å². The number of anilines is 1. The number of hydrogen-bond donors (Lipinski definition) is 1. The SMILES string of the molecule is CCc1cccc(CC)c1NC(=O)CSc1nnc(C(C)Oc2ccc(OC)cc2)n1C. The van der Waals surface area contributed by atoms with Crippen molar-refractivity contribution in [3.05, 3.63) is 59.4 Å². The number of aromatic nitrogens is 3. The molecule has 7 nitrogen and oxygen atoms in total. The Balaban J connectivity index is 1.61. The number of rotatable bonds is 10. The first-order chi connectivity index (χ1) is 15.5. The van der Waals surface area contributed by atoms with E-state index >= 15 is 0 Å². The molecule has 3 rings (SSSR count). The van der Waals surface area contributed by atoms with Gasteiger partial charge in [0, 0.05) is 12.7 Å². The van der Waals surface area contributed by atoms with Gasteiger partial charge in [-0.05, 0) is 55.2 Å². The Morgan fingerprint density at radius 1 is 1.06 bits per heavy atom. The lowest BCUT2D eigenvalue weighted by Gasteiger charge is -2.15. The third-order valence-electron chi connectivity index (χ3n) is 5.20. The quantitative estimate of drug-likeness (QED) is 0.443. The Hall–Kier alpha value is -3.00. The van der Waals surface area contributed by atoms with Crippen molar-refractivity contribution in [1.29, 1.82) is 0 Å². The number of nitrogens with zero attached hydrogens (tertiary/aromatic N) is 3. The third-order valence-corrected chi connectivity index (χ3v) is 6.22. The molecule has 0 aliphatic heterocycles. The molecule has 1 aromatic heterocycles. The summed E-state index contributed by atoms with van der Waals surface area (Å²) < 4.78 is 13.0. The molecule has 0 aliphatic carbocycles. The minimum Gasteiger partial charge on any atom is -0.497 e. The van der Waals surface area contributed by atoms with E-state index < -0.39 is 0 Å². The summed E-state index contributed by atoms with van der Waals surface area (Å²) in [5.41, 5.74) is 3.23. The number of nitrogens with one attached hydrogen (secondary N) is 1. The molecule has 1 unspecified atom stereocenters. The number of carbonyl (C=O) groups excluding carboxylic acids is 1. The zero-order valence-corrected chi connectivity index (χ0v) is 20.0. The molecule has 1 amide bonds. The number of amides is 1. The first-order valence-corrected chi connectivity index (χ1v) is 11.7. The van der Waals surface area contributed by atoms with Gasteiger partial charge in [0.25, 0.3) is 0 Å². The first kappa shape index (κ1) is 23.7. The number of thioether (sulfide) groups is 1. The molecule has 0 radical (unpaired) electrons. The van der Waals surface area contributed by atoms with Crippen LogP contribution < -0.4 is 14.8 Å². The third kappa shape index (κ3) is 5.62. The molecule has 1 atom stereocenters. The van der Waals surface area contributed by atoms with Gasteiger partial charge in [-0.15, -0.1) is 10.2 Å². The van der Waals surface area contributed by atoms with Crippen LogP contribution in [-0.4, -0.2) is 33.5 Å². The van der Waals surface area contributed by atoms with Crippen LogP contribution in [0.15, 0.2) is 47.6 Å². The van der Waals surface area contributed by atoms with Gasteiger partial charge < -0.3 is 19.4 Å². The summed E-state index contributed by atoms with van der Waals surface area (Å²) in [6, 6.07) is 13.5. The Morgan fingerprint density at radius 2 is 1.69 bits per heavy atom. The molecule has 2 aromatic carbocycles. The monoisotopic (exact) mass is 454 g/mol. The molecular formula is C24H30N4O3S. The van der Waals surface area contributed by atoms with Crippen molar-refractivity contribution in [1.82, 2.24) is 14.8 Å². The van der Waals surface area contributed by atoms with Gasteiger partial charge in [-0.1, -0.05) is 43.8 Å². The van der Waals surface area contributed by atoms with Crippen LogP contribution in [0, 0.1) is 0 Å². The minimum atomic E-state index is -0.299. The average Bonchev–Trinajstić information content (AvgIpc) is 3.18. The molecule has 32 heavy (non-hydrogen) atoms. The van der Waals surface area contributed by atoms with Crippen LogP contribution >= 0.6 is 11.8 Å². The van der Waals surface area contributed by atoms with Gasteiger partial charge in [0.15, 0.2) is 17.1 Å². The van der Waals surface area contributed by atoms with Gasteiger partial charge in [-0.3, -0.25) is 4.79 Å². The second-order valence-corrected chi connectivity index (χ2v) is 8.27. The predicted octanol–water partition coefficient (Wildman–Crippen LogP) is 4.82. The van der Waals surface area contributed by atoms with E-state index in [0.29, 0.717) is 11.0 Å². The Bertz CT molecular complexity index is 1030. The lowest BCUT2D eigenvalue weighted by molar-refractivity contribution is -0.113. The Labute approximate surface area is 193 Å². The molecule has 1 heterocycles. The summed E-state index contributed by atoms with van der Waals surface area (Å²) in [6.45, 7) is 6.11. The van der Waals surface area contributed by atoms with E-state index in [9.17, 15) is 4.79 Å². The molecule has 1 N–H and O–H groups in total. The lowest BCUT2D eigenvalue weighted by atomic mass is 10.0. The van der Waals surface area contributed by atoms with Gasteiger partial charge in [0.2, 0.25) is 5.91 Å². The van der Waals surface area contributed by atoms with Crippen LogP contribution in [-0.2, 0) is 24.7 Å². The molecule has 0 spiro atoms. The van der Waals surface area contributed by atoms with E-state index in [4.69, 9.17) is 9.47 Å². The maximum absolute atomic E-state index is 12.6. The highest BCUT2D eigenvalue weighted by Gasteiger charge is 2.18. The zero-order valence-electron chi connectivity index (χ0n) is 19.2. The van der Waals surface area contributed by atoms with Crippen LogP contribution in [0.25, 0.3) is 0 Å². The maximum atomic E-state index is 12.6. The summed E-state index contributed by atoms with van der Waals surface area (Å²) in [5, 5.41) is 12.3. The second kappa shape index (κ2) is 11.0. The van der Waals surface area contributed by atoms with Crippen molar-refractivity contribution in [2.75, 3.05) is 18.2 Å². The van der Waals surface area contributed by atoms with Gasteiger partial charge in [0.05, 0.1) is 12.9 Å². The van der Waals surface area contributed by atoms with Crippen molar-refractivity contribution in [3.63, 3.8) is 0 Å². The van der Waals surface area contributed by atoms with Gasteiger partial charge in [0.1, 0.15) is 11.5 Å². The second-order valence-electron chi connectivity index (χ2n) is 7.33. The van der Waals surface area contributed by atoms with Crippen molar-refractivity contribution < 1.29 is 14.3 Å². The fourth-order valence-electron chi connectivity index (χ4n) is 3.43. The Morgan fingerprint density at radius 3 is 2.28 bits per heavy atom. The van der Waals surface area contributed by atoms with E-state index in [0.717, 1.165) is 41.2 Å². The summed E-state index contributed by atoms with van der Waals surface area (Å²) in [6.07, 6.45) is 1.44. The summed E-state index contributed by atoms with van der Waals surface area (Å²) in [4.78, 5) is 12.6. The highest BCUT2D eigenvalue weighted by molar-refractivity contribution is 7.99. The van der Waals surface area contributed by atoms with Gasteiger partial charge in [-0.2, -0.15) is 0 Å². The molecule has 0 aliphatic rings. The molecule has 0 fully saturated rings. The van der Waals surface area contributed by atoms with Crippen LogP contribution in [0.5, 0.6) is 11.5 Å². The average molecular weight is 455 g/mol. The standard InChI is InChI=1S/C24H30N4O3S/c1-6-17-9-8-10-18(7-2)22(17)25-21(29)15-32-24-27-26-23(28(24)4)16(3)31-20-13-11-19(30-5)12-14-20/h8-14,16H,6-7,15H2,1-5H3,(H,25,29). The van der Waals surface area contributed by atoms with Gasteiger partial charge in [-0.25, -0.2) is 0 Å². The maximum Gasteiger partial charge on any atom is 0.234 e. The number of carbonyl (C=O) groups is 1. The minimum absolute atomic E-state index is 0.0577. The summed E-state index contributed by atoms with van der Waals surface area (Å²) >= 11 is 1.36. The van der Waals surface area contributed by atoms with Crippen LogP contribution in [0.4, 0.5) is 5.69 Å². The van der Waals surface area contributed by atoms with E-state index in [1.807, 2.05) is 48.9 Å². The largest absolute Gasteiger partial charge is 0.497 e. The van der Waals surface area contributed by atoms with Crippen molar-refractivity contribution in [2.45, 2.75) is 44.9 Å². The van der Waals surface area contributed by atoms with E-state index in [2.05, 4.69) is 41.5 Å².